The summed E-state index contributed by atoms with van der Waals surface area (Å²) in [5.41, 5.74) is 1.60. The highest BCUT2D eigenvalue weighted by atomic mass is 16.5. The molecule has 1 saturated carbocycles. The molecule has 1 N–H and O–H groups in total. The zero-order valence-corrected chi connectivity index (χ0v) is 11.8. The Hall–Kier alpha value is -0.930. The number of hydrogen-bond donors (Lipinski definition) is 1. The van der Waals surface area contributed by atoms with Gasteiger partial charge in [-0.05, 0) is 62.3 Å². The number of pyridine rings is 1. The Balaban J connectivity index is 1.76. The van der Waals surface area contributed by atoms with Crippen molar-refractivity contribution < 1.29 is 4.74 Å². The van der Waals surface area contributed by atoms with Crippen molar-refractivity contribution in [2.45, 2.75) is 50.7 Å². The van der Waals surface area contributed by atoms with Gasteiger partial charge in [0.15, 0.2) is 0 Å². The van der Waals surface area contributed by atoms with Crippen LogP contribution in [0.3, 0.4) is 0 Å². The molecule has 1 aromatic rings. The molecule has 2 atom stereocenters. The lowest BCUT2D eigenvalue weighted by molar-refractivity contribution is -0.147. The molecule has 3 heteroatoms. The van der Waals surface area contributed by atoms with Gasteiger partial charge in [-0.25, -0.2) is 0 Å². The van der Waals surface area contributed by atoms with E-state index in [0.717, 1.165) is 13.2 Å². The smallest absolute Gasteiger partial charge is 0.0686 e. The average Bonchev–Trinajstić information content (AvgIpc) is 2.44. The van der Waals surface area contributed by atoms with Crippen LogP contribution in [-0.2, 0) is 4.74 Å². The molecule has 0 amide bonds. The summed E-state index contributed by atoms with van der Waals surface area (Å²) in [5, 5.41) is 3.67. The van der Waals surface area contributed by atoms with Crippen molar-refractivity contribution >= 4 is 0 Å². The highest BCUT2D eigenvalue weighted by molar-refractivity contribution is 5.17. The Morgan fingerprint density at radius 3 is 2.84 bits per heavy atom. The van der Waals surface area contributed by atoms with E-state index in [1.807, 2.05) is 12.4 Å². The summed E-state index contributed by atoms with van der Waals surface area (Å²) >= 11 is 0. The summed E-state index contributed by atoms with van der Waals surface area (Å²) in [7, 11) is 0. The van der Waals surface area contributed by atoms with E-state index in [-0.39, 0.29) is 5.60 Å². The molecule has 1 spiro atoms. The normalized spacial score (nSPS) is 26.9. The van der Waals surface area contributed by atoms with E-state index in [1.54, 1.807) is 0 Å². The summed E-state index contributed by atoms with van der Waals surface area (Å²) in [6, 6.07) is 4.75. The third-order valence-electron chi connectivity index (χ3n) is 4.76. The van der Waals surface area contributed by atoms with Crippen LogP contribution in [0.25, 0.3) is 0 Å². The maximum absolute atomic E-state index is 6.06. The molecule has 1 aliphatic heterocycles. The van der Waals surface area contributed by atoms with Crippen molar-refractivity contribution in [2.75, 3.05) is 13.2 Å². The van der Waals surface area contributed by atoms with Crippen LogP contribution < -0.4 is 5.32 Å². The fourth-order valence-electron chi connectivity index (χ4n) is 3.62. The van der Waals surface area contributed by atoms with Crippen LogP contribution in [0.1, 0.15) is 50.6 Å². The Morgan fingerprint density at radius 1 is 1.42 bits per heavy atom. The van der Waals surface area contributed by atoms with Crippen LogP contribution in [0.5, 0.6) is 0 Å². The lowest BCUT2D eigenvalue weighted by Crippen LogP contribution is -2.48. The van der Waals surface area contributed by atoms with Gasteiger partial charge >= 0.3 is 0 Å². The second kappa shape index (κ2) is 5.59. The number of hydrogen-bond acceptors (Lipinski definition) is 3. The summed E-state index contributed by atoms with van der Waals surface area (Å²) in [6.07, 6.45) is 10.1. The van der Waals surface area contributed by atoms with Gasteiger partial charge in [0.25, 0.3) is 0 Å². The molecule has 2 aliphatic rings. The predicted molar refractivity (Wildman–Crippen MR) is 75.9 cm³/mol. The molecule has 1 aliphatic carbocycles. The molecule has 0 aromatic carbocycles. The number of ether oxygens (including phenoxy) is 1. The van der Waals surface area contributed by atoms with Gasteiger partial charge in [0, 0.05) is 25.0 Å². The number of nitrogens with zero attached hydrogens (tertiary/aromatic N) is 1. The molecule has 19 heavy (non-hydrogen) atoms. The number of aromatic nitrogens is 1. The molecule has 104 valence electrons. The first-order valence-corrected chi connectivity index (χ1v) is 7.60. The minimum absolute atomic E-state index is 0.226. The van der Waals surface area contributed by atoms with E-state index in [1.165, 1.54) is 37.7 Å². The molecule has 0 bridgehead atoms. The molecular weight excluding hydrogens is 236 g/mol. The van der Waals surface area contributed by atoms with Gasteiger partial charge in [0.2, 0.25) is 0 Å². The van der Waals surface area contributed by atoms with Crippen LogP contribution >= 0.6 is 0 Å². The van der Waals surface area contributed by atoms with E-state index in [0.29, 0.717) is 12.0 Å². The highest BCUT2D eigenvalue weighted by Crippen LogP contribution is 2.47. The van der Waals surface area contributed by atoms with E-state index >= 15 is 0 Å². The van der Waals surface area contributed by atoms with Crippen LogP contribution in [-0.4, -0.2) is 23.7 Å². The molecule has 1 saturated heterocycles. The maximum atomic E-state index is 6.06. The van der Waals surface area contributed by atoms with Gasteiger partial charge in [-0.1, -0.05) is 6.92 Å². The summed E-state index contributed by atoms with van der Waals surface area (Å²) in [5.74, 6) is 0.691. The first-order chi connectivity index (χ1) is 9.33. The van der Waals surface area contributed by atoms with Gasteiger partial charge in [0.1, 0.15) is 0 Å². The third-order valence-corrected chi connectivity index (χ3v) is 4.76. The standard InChI is InChI=1S/C16H24N2O/c1-2-18-15(13-4-9-17-10-5-13)14-6-11-19-16(12-14)7-3-8-16/h4-5,9-10,14-15,18H,2-3,6-8,11-12H2,1H3. The van der Waals surface area contributed by atoms with Crippen LogP contribution in [0.2, 0.25) is 0 Å². The van der Waals surface area contributed by atoms with Crippen LogP contribution in [0.4, 0.5) is 0 Å². The quantitative estimate of drug-likeness (QED) is 0.903. The van der Waals surface area contributed by atoms with Gasteiger partial charge in [-0.2, -0.15) is 0 Å². The fourth-order valence-corrected chi connectivity index (χ4v) is 3.62. The first kappa shape index (κ1) is 13.1. The van der Waals surface area contributed by atoms with Gasteiger partial charge in [-0.15, -0.1) is 0 Å². The molecule has 3 rings (SSSR count). The number of nitrogens with one attached hydrogen (secondary N) is 1. The third kappa shape index (κ3) is 2.67. The minimum atomic E-state index is 0.226. The Kier molecular flexibility index (Phi) is 3.85. The second-order valence-corrected chi connectivity index (χ2v) is 5.95. The van der Waals surface area contributed by atoms with Crippen molar-refractivity contribution in [1.29, 1.82) is 0 Å². The van der Waals surface area contributed by atoms with E-state index in [2.05, 4.69) is 29.4 Å². The maximum Gasteiger partial charge on any atom is 0.0686 e. The Labute approximate surface area is 115 Å². The van der Waals surface area contributed by atoms with Crippen molar-refractivity contribution in [3.63, 3.8) is 0 Å². The lowest BCUT2D eigenvalue weighted by Gasteiger charge is -2.49. The summed E-state index contributed by atoms with van der Waals surface area (Å²) < 4.78 is 6.06. The largest absolute Gasteiger partial charge is 0.375 e. The molecule has 2 unspecified atom stereocenters. The Morgan fingerprint density at radius 2 is 2.21 bits per heavy atom. The van der Waals surface area contributed by atoms with Gasteiger partial charge in [0.05, 0.1) is 5.60 Å². The highest BCUT2D eigenvalue weighted by Gasteiger charge is 2.44. The SMILES string of the molecule is CCNC(c1ccncc1)C1CCOC2(CCC2)C1. The monoisotopic (exact) mass is 260 g/mol. The van der Waals surface area contributed by atoms with Crippen LogP contribution in [0, 0.1) is 5.92 Å². The lowest BCUT2D eigenvalue weighted by atomic mass is 9.69. The molecule has 3 nitrogen and oxygen atoms in total. The predicted octanol–water partition coefficient (Wildman–Crippen LogP) is 3.08. The minimum Gasteiger partial charge on any atom is -0.375 e. The van der Waals surface area contributed by atoms with Gasteiger partial charge < -0.3 is 10.1 Å². The van der Waals surface area contributed by atoms with Gasteiger partial charge in [-0.3, -0.25) is 4.98 Å². The van der Waals surface area contributed by atoms with E-state index in [9.17, 15) is 0 Å². The first-order valence-electron chi connectivity index (χ1n) is 7.60. The van der Waals surface area contributed by atoms with Crippen LogP contribution in [0.15, 0.2) is 24.5 Å². The average molecular weight is 260 g/mol. The van der Waals surface area contributed by atoms with Crippen molar-refractivity contribution in [3.8, 4) is 0 Å². The zero-order chi connectivity index (χ0) is 13.1. The molecule has 2 fully saturated rings. The topological polar surface area (TPSA) is 34.2 Å². The molecule has 1 aromatic heterocycles. The molecule has 2 heterocycles. The summed E-state index contributed by atoms with van der Waals surface area (Å²) in [4.78, 5) is 4.14. The Bertz CT molecular complexity index is 402. The fraction of sp³-hybridized carbons (Fsp3) is 0.688. The molecular formula is C16H24N2O. The van der Waals surface area contributed by atoms with E-state index in [4.69, 9.17) is 4.74 Å². The zero-order valence-electron chi connectivity index (χ0n) is 11.8. The van der Waals surface area contributed by atoms with Crippen molar-refractivity contribution in [2.24, 2.45) is 5.92 Å². The van der Waals surface area contributed by atoms with Crippen molar-refractivity contribution in [1.82, 2.24) is 10.3 Å². The molecule has 0 radical (unpaired) electrons. The number of rotatable bonds is 4. The second-order valence-electron chi connectivity index (χ2n) is 5.95. The van der Waals surface area contributed by atoms with E-state index < -0.39 is 0 Å². The van der Waals surface area contributed by atoms with Crippen molar-refractivity contribution in [3.05, 3.63) is 30.1 Å². The summed E-state index contributed by atoms with van der Waals surface area (Å²) in [6.45, 7) is 4.13.